The van der Waals surface area contributed by atoms with Crippen LogP contribution in [-0.4, -0.2) is 17.0 Å². The highest BCUT2D eigenvalue weighted by Crippen LogP contribution is 2.30. The number of nitrogens with zero attached hydrogens (tertiary/aromatic N) is 2. The van der Waals surface area contributed by atoms with E-state index >= 15 is 0 Å². The first-order valence-corrected chi connectivity index (χ1v) is 6.55. The summed E-state index contributed by atoms with van der Waals surface area (Å²) < 4.78 is 1.12. The lowest BCUT2D eigenvalue weighted by molar-refractivity contribution is 0.754. The lowest BCUT2D eigenvalue weighted by atomic mass is 10.3. The molecule has 16 heavy (non-hydrogen) atoms. The molecule has 0 aliphatic carbocycles. The van der Waals surface area contributed by atoms with E-state index in [0.29, 0.717) is 6.54 Å². The highest BCUT2D eigenvalue weighted by atomic mass is 79.9. The van der Waals surface area contributed by atoms with Crippen molar-refractivity contribution in [3.63, 3.8) is 0 Å². The van der Waals surface area contributed by atoms with Crippen molar-refractivity contribution in [2.75, 3.05) is 7.05 Å². The van der Waals surface area contributed by atoms with Gasteiger partial charge in [0.25, 0.3) is 0 Å². The van der Waals surface area contributed by atoms with Crippen LogP contribution in [0, 0.1) is 6.92 Å². The maximum Gasteiger partial charge on any atom is 0.143 e. The Bertz CT molecular complexity index is 496. The number of aryl methyl sites for hydroxylation is 1. The molecule has 5 heteroatoms. The van der Waals surface area contributed by atoms with Crippen LogP contribution in [0.4, 0.5) is 0 Å². The number of rotatable bonds is 3. The monoisotopic (exact) mass is 297 g/mol. The normalized spacial score (nSPS) is 10.7. The molecule has 0 unspecified atom stereocenters. The summed E-state index contributed by atoms with van der Waals surface area (Å²) in [7, 11) is 1.90. The third-order valence-corrected chi connectivity index (χ3v) is 3.71. The molecule has 2 aromatic heterocycles. The van der Waals surface area contributed by atoms with Crippen molar-refractivity contribution in [1.29, 1.82) is 0 Å². The van der Waals surface area contributed by atoms with E-state index in [-0.39, 0.29) is 0 Å². The molecule has 0 atom stereocenters. The molecule has 2 rings (SSSR count). The van der Waals surface area contributed by atoms with Crippen LogP contribution in [0.15, 0.2) is 22.0 Å². The minimum Gasteiger partial charge on any atom is -0.313 e. The Hall–Kier alpha value is -0.780. The van der Waals surface area contributed by atoms with Crippen LogP contribution in [-0.2, 0) is 6.54 Å². The molecule has 84 valence electrons. The zero-order chi connectivity index (χ0) is 11.5. The maximum atomic E-state index is 4.52. The van der Waals surface area contributed by atoms with Crippen LogP contribution in [0.5, 0.6) is 0 Å². The molecule has 0 saturated heterocycles. The largest absolute Gasteiger partial charge is 0.313 e. The van der Waals surface area contributed by atoms with Gasteiger partial charge in [-0.25, -0.2) is 9.97 Å². The van der Waals surface area contributed by atoms with Crippen molar-refractivity contribution in [3.05, 3.63) is 33.5 Å². The van der Waals surface area contributed by atoms with Gasteiger partial charge in [0, 0.05) is 5.69 Å². The lowest BCUT2D eigenvalue weighted by Gasteiger charge is -2.03. The number of aromatic nitrogens is 2. The van der Waals surface area contributed by atoms with Gasteiger partial charge < -0.3 is 5.32 Å². The zero-order valence-corrected chi connectivity index (χ0v) is 11.5. The van der Waals surface area contributed by atoms with Gasteiger partial charge in [0.2, 0.25) is 0 Å². The summed E-state index contributed by atoms with van der Waals surface area (Å²) in [6.07, 6.45) is 0. The molecule has 0 aliphatic rings. The van der Waals surface area contributed by atoms with Crippen LogP contribution in [0.3, 0.4) is 0 Å². The predicted molar refractivity (Wildman–Crippen MR) is 70.5 cm³/mol. The van der Waals surface area contributed by atoms with E-state index in [4.69, 9.17) is 0 Å². The Morgan fingerprint density at radius 1 is 1.38 bits per heavy atom. The van der Waals surface area contributed by atoms with Crippen LogP contribution in [0.25, 0.3) is 10.6 Å². The molecular weight excluding hydrogens is 286 g/mol. The Balaban J connectivity index is 2.40. The zero-order valence-electron chi connectivity index (χ0n) is 9.12. The van der Waals surface area contributed by atoms with Crippen LogP contribution in [0.2, 0.25) is 0 Å². The Morgan fingerprint density at radius 2 is 2.19 bits per heavy atom. The van der Waals surface area contributed by atoms with Crippen molar-refractivity contribution in [3.8, 4) is 10.6 Å². The van der Waals surface area contributed by atoms with Gasteiger partial charge in [0.15, 0.2) is 0 Å². The molecule has 0 fully saturated rings. The Morgan fingerprint density at radius 3 is 2.81 bits per heavy atom. The fourth-order valence-electron chi connectivity index (χ4n) is 1.45. The number of thiophene rings is 1. The highest BCUT2D eigenvalue weighted by Gasteiger charge is 2.06. The summed E-state index contributed by atoms with van der Waals surface area (Å²) >= 11 is 5.14. The number of halogens is 1. The van der Waals surface area contributed by atoms with E-state index in [1.165, 1.54) is 0 Å². The maximum absolute atomic E-state index is 4.52. The molecule has 0 aromatic carbocycles. The van der Waals surface area contributed by atoms with E-state index in [1.54, 1.807) is 11.3 Å². The average molecular weight is 298 g/mol. The first kappa shape index (κ1) is 11.7. The second kappa shape index (κ2) is 5.03. The van der Waals surface area contributed by atoms with Gasteiger partial charge in [0.05, 0.1) is 20.9 Å². The van der Waals surface area contributed by atoms with Gasteiger partial charge >= 0.3 is 0 Å². The van der Waals surface area contributed by atoms with Crippen molar-refractivity contribution < 1.29 is 0 Å². The highest BCUT2D eigenvalue weighted by molar-refractivity contribution is 9.11. The number of hydrogen-bond donors (Lipinski definition) is 1. The summed E-state index contributed by atoms with van der Waals surface area (Å²) in [5.74, 6) is 0.835. The molecule has 3 nitrogen and oxygen atoms in total. The molecule has 0 spiro atoms. The van der Waals surface area contributed by atoms with E-state index < -0.39 is 0 Å². The Labute approximate surface area is 107 Å². The summed E-state index contributed by atoms with van der Waals surface area (Å²) in [5.41, 5.74) is 1.99. The Kier molecular flexibility index (Phi) is 3.68. The minimum atomic E-state index is 0.696. The average Bonchev–Trinajstić information content (AvgIpc) is 2.64. The topological polar surface area (TPSA) is 37.8 Å². The molecule has 2 aromatic rings. The third kappa shape index (κ3) is 2.66. The van der Waals surface area contributed by atoms with Crippen molar-refractivity contribution in [2.24, 2.45) is 0 Å². The molecule has 0 bridgehead atoms. The van der Waals surface area contributed by atoms with E-state index in [9.17, 15) is 0 Å². The smallest absolute Gasteiger partial charge is 0.143 e. The summed E-state index contributed by atoms with van der Waals surface area (Å²) in [4.78, 5) is 10.1. The van der Waals surface area contributed by atoms with Gasteiger partial charge in [0.1, 0.15) is 5.82 Å². The van der Waals surface area contributed by atoms with Gasteiger partial charge in [-0.15, -0.1) is 11.3 Å². The standard InChI is InChI=1S/C11H12BrN3S/c1-7-5-8(9-3-4-10(12)16-9)15-11(14-7)6-13-2/h3-5,13H,6H2,1-2H3. The molecule has 1 N–H and O–H groups in total. The second-order valence-electron chi connectivity index (χ2n) is 3.44. The van der Waals surface area contributed by atoms with E-state index in [1.807, 2.05) is 26.1 Å². The summed E-state index contributed by atoms with van der Waals surface area (Å²) in [6, 6.07) is 6.12. The van der Waals surface area contributed by atoms with E-state index in [2.05, 4.69) is 37.3 Å². The van der Waals surface area contributed by atoms with Gasteiger partial charge in [-0.05, 0) is 48.1 Å². The number of nitrogens with one attached hydrogen (secondary N) is 1. The van der Waals surface area contributed by atoms with Crippen molar-refractivity contribution in [1.82, 2.24) is 15.3 Å². The SMILES string of the molecule is CNCc1nc(C)cc(-c2ccc(Br)s2)n1. The van der Waals surface area contributed by atoms with Gasteiger partial charge in [-0.1, -0.05) is 0 Å². The van der Waals surface area contributed by atoms with Crippen LogP contribution >= 0.6 is 27.3 Å². The predicted octanol–water partition coefficient (Wildman–Crippen LogP) is 3.00. The molecule has 2 heterocycles. The third-order valence-electron chi connectivity index (χ3n) is 2.06. The molecule has 0 aliphatic heterocycles. The molecule has 0 radical (unpaired) electrons. The number of hydrogen-bond acceptors (Lipinski definition) is 4. The fraction of sp³-hybridized carbons (Fsp3) is 0.273. The quantitative estimate of drug-likeness (QED) is 0.946. The molecular formula is C11H12BrN3S. The first-order chi connectivity index (χ1) is 7.69. The van der Waals surface area contributed by atoms with E-state index in [0.717, 1.165) is 25.9 Å². The van der Waals surface area contributed by atoms with Gasteiger partial charge in [-0.3, -0.25) is 0 Å². The second-order valence-corrected chi connectivity index (χ2v) is 5.91. The first-order valence-electron chi connectivity index (χ1n) is 4.94. The van der Waals surface area contributed by atoms with Crippen molar-refractivity contribution >= 4 is 27.3 Å². The lowest BCUT2D eigenvalue weighted by Crippen LogP contribution is -2.10. The molecule has 0 amide bonds. The van der Waals surface area contributed by atoms with Crippen molar-refractivity contribution in [2.45, 2.75) is 13.5 Å². The minimum absolute atomic E-state index is 0.696. The summed E-state index contributed by atoms with van der Waals surface area (Å²) in [6.45, 7) is 2.69. The molecule has 0 saturated carbocycles. The van der Waals surface area contributed by atoms with Crippen LogP contribution < -0.4 is 5.32 Å². The van der Waals surface area contributed by atoms with Gasteiger partial charge in [-0.2, -0.15) is 0 Å². The van der Waals surface area contributed by atoms with Crippen LogP contribution in [0.1, 0.15) is 11.5 Å². The summed E-state index contributed by atoms with van der Waals surface area (Å²) in [5, 5.41) is 3.06. The fourth-order valence-corrected chi connectivity index (χ4v) is 2.79.